The molecule has 0 saturated heterocycles. The fourth-order valence-corrected chi connectivity index (χ4v) is 1.57. The summed E-state index contributed by atoms with van der Waals surface area (Å²) in [6.07, 6.45) is 0. The number of aliphatic carboxylic acids is 1. The SMILES string of the molecule is Cc1cccc(CNC(=O)NC(C(=O)O)C(C)C)n1. The van der Waals surface area contributed by atoms with Crippen LogP contribution in [0.3, 0.4) is 0 Å². The minimum absolute atomic E-state index is 0.180. The van der Waals surface area contributed by atoms with Gasteiger partial charge in [-0.15, -0.1) is 0 Å². The summed E-state index contributed by atoms with van der Waals surface area (Å²) in [6.45, 7) is 5.60. The monoisotopic (exact) mass is 265 g/mol. The zero-order chi connectivity index (χ0) is 14.4. The van der Waals surface area contributed by atoms with Gasteiger partial charge in [-0.2, -0.15) is 0 Å². The standard InChI is InChI=1S/C13H19N3O3/c1-8(2)11(12(17)18)16-13(19)14-7-10-6-4-5-9(3)15-10/h4-6,8,11H,7H2,1-3H3,(H,17,18)(H2,14,16,19). The number of carbonyl (C=O) groups is 2. The molecule has 0 bridgehead atoms. The Morgan fingerprint density at radius 3 is 2.58 bits per heavy atom. The van der Waals surface area contributed by atoms with Gasteiger partial charge in [-0.05, 0) is 25.0 Å². The molecule has 0 aliphatic heterocycles. The van der Waals surface area contributed by atoms with E-state index in [0.717, 1.165) is 11.4 Å². The van der Waals surface area contributed by atoms with Crippen LogP contribution < -0.4 is 10.6 Å². The molecule has 1 aromatic heterocycles. The first-order chi connectivity index (χ1) is 8.90. The highest BCUT2D eigenvalue weighted by atomic mass is 16.4. The van der Waals surface area contributed by atoms with E-state index in [1.807, 2.05) is 19.1 Å². The van der Waals surface area contributed by atoms with Crippen molar-refractivity contribution in [3.8, 4) is 0 Å². The lowest BCUT2D eigenvalue weighted by Crippen LogP contribution is -2.48. The number of amides is 2. The van der Waals surface area contributed by atoms with Crippen molar-refractivity contribution in [2.45, 2.75) is 33.4 Å². The van der Waals surface area contributed by atoms with Gasteiger partial charge in [0.25, 0.3) is 0 Å². The van der Waals surface area contributed by atoms with E-state index in [0.29, 0.717) is 0 Å². The molecule has 0 radical (unpaired) electrons. The van der Waals surface area contributed by atoms with E-state index in [4.69, 9.17) is 5.11 Å². The zero-order valence-electron chi connectivity index (χ0n) is 11.3. The van der Waals surface area contributed by atoms with Crippen molar-refractivity contribution in [2.75, 3.05) is 0 Å². The Balaban J connectivity index is 2.49. The van der Waals surface area contributed by atoms with Gasteiger partial charge in [-0.3, -0.25) is 4.98 Å². The van der Waals surface area contributed by atoms with Crippen LogP contribution in [-0.4, -0.2) is 28.1 Å². The summed E-state index contributed by atoms with van der Waals surface area (Å²) < 4.78 is 0. The summed E-state index contributed by atoms with van der Waals surface area (Å²) in [4.78, 5) is 26.8. The third-order valence-corrected chi connectivity index (χ3v) is 2.60. The van der Waals surface area contributed by atoms with E-state index in [2.05, 4.69) is 15.6 Å². The second kappa shape index (κ2) is 6.72. The molecular formula is C13H19N3O3. The summed E-state index contributed by atoms with van der Waals surface area (Å²) in [6, 6.07) is 4.10. The van der Waals surface area contributed by atoms with Crippen LogP contribution in [0.1, 0.15) is 25.2 Å². The largest absolute Gasteiger partial charge is 0.480 e. The van der Waals surface area contributed by atoms with Gasteiger partial charge in [0.1, 0.15) is 6.04 Å². The van der Waals surface area contributed by atoms with Crippen LogP contribution in [0.5, 0.6) is 0 Å². The summed E-state index contributed by atoms with van der Waals surface area (Å²) in [5.41, 5.74) is 1.59. The average molecular weight is 265 g/mol. The fourth-order valence-electron chi connectivity index (χ4n) is 1.57. The molecule has 0 aliphatic carbocycles. The van der Waals surface area contributed by atoms with E-state index < -0.39 is 18.0 Å². The molecule has 0 fully saturated rings. The first-order valence-corrected chi connectivity index (χ1v) is 6.10. The van der Waals surface area contributed by atoms with Gasteiger partial charge in [0.05, 0.1) is 12.2 Å². The number of nitrogens with one attached hydrogen (secondary N) is 2. The minimum atomic E-state index is -1.04. The van der Waals surface area contributed by atoms with E-state index in [1.54, 1.807) is 19.9 Å². The Bertz CT molecular complexity index is 460. The van der Waals surface area contributed by atoms with Gasteiger partial charge in [-0.25, -0.2) is 9.59 Å². The van der Waals surface area contributed by atoms with Crippen molar-refractivity contribution in [3.05, 3.63) is 29.6 Å². The molecule has 0 aliphatic rings. The predicted octanol–water partition coefficient (Wildman–Crippen LogP) is 1.30. The second-order valence-corrected chi connectivity index (χ2v) is 4.66. The van der Waals surface area contributed by atoms with Crippen molar-refractivity contribution in [3.63, 3.8) is 0 Å². The normalized spacial score (nSPS) is 12.0. The van der Waals surface area contributed by atoms with Gasteiger partial charge in [0.15, 0.2) is 0 Å². The van der Waals surface area contributed by atoms with Crippen molar-refractivity contribution in [1.29, 1.82) is 0 Å². The van der Waals surface area contributed by atoms with Crippen molar-refractivity contribution < 1.29 is 14.7 Å². The molecule has 1 unspecified atom stereocenters. The van der Waals surface area contributed by atoms with Crippen LogP contribution in [0.2, 0.25) is 0 Å². The molecule has 1 atom stereocenters. The predicted molar refractivity (Wildman–Crippen MR) is 70.6 cm³/mol. The molecule has 0 spiro atoms. The van der Waals surface area contributed by atoms with Gasteiger partial charge >= 0.3 is 12.0 Å². The van der Waals surface area contributed by atoms with Crippen LogP contribution >= 0.6 is 0 Å². The number of nitrogens with zero attached hydrogens (tertiary/aromatic N) is 1. The Morgan fingerprint density at radius 2 is 2.05 bits per heavy atom. The maximum atomic E-state index is 11.6. The molecule has 104 valence electrons. The highest BCUT2D eigenvalue weighted by molar-refractivity contribution is 5.82. The third kappa shape index (κ3) is 4.95. The van der Waals surface area contributed by atoms with Crippen molar-refractivity contribution in [2.24, 2.45) is 5.92 Å². The van der Waals surface area contributed by atoms with E-state index >= 15 is 0 Å². The lowest BCUT2D eigenvalue weighted by molar-refractivity contribution is -0.140. The first-order valence-electron chi connectivity index (χ1n) is 6.10. The summed E-state index contributed by atoms with van der Waals surface area (Å²) in [5.74, 6) is -1.22. The minimum Gasteiger partial charge on any atom is -0.480 e. The number of carbonyl (C=O) groups excluding carboxylic acids is 1. The summed E-state index contributed by atoms with van der Waals surface area (Å²) in [7, 11) is 0. The lowest BCUT2D eigenvalue weighted by Gasteiger charge is -2.18. The Morgan fingerprint density at radius 1 is 1.37 bits per heavy atom. The number of urea groups is 1. The van der Waals surface area contributed by atoms with Crippen LogP contribution in [0.4, 0.5) is 4.79 Å². The maximum absolute atomic E-state index is 11.6. The quantitative estimate of drug-likeness (QED) is 0.748. The number of hydrogen-bond donors (Lipinski definition) is 3. The van der Waals surface area contributed by atoms with Gasteiger partial charge in [0.2, 0.25) is 0 Å². The summed E-state index contributed by atoms with van der Waals surface area (Å²) in [5, 5.41) is 14.0. The van der Waals surface area contributed by atoms with Crippen LogP contribution in [0.25, 0.3) is 0 Å². The number of hydrogen-bond acceptors (Lipinski definition) is 3. The molecule has 19 heavy (non-hydrogen) atoms. The Kier molecular flexibility index (Phi) is 5.29. The summed E-state index contributed by atoms with van der Waals surface area (Å²) >= 11 is 0. The number of carboxylic acids is 1. The van der Waals surface area contributed by atoms with Crippen LogP contribution in [0.15, 0.2) is 18.2 Å². The van der Waals surface area contributed by atoms with Gasteiger partial charge in [-0.1, -0.05) is 19.9 Å². The molecule has 1 heterocycles. The number of rotatable bonds is 5. The number of aryl methyl sites for hydroxylation is 1. The first kappa shape index (κ1) is 14.9. The molecule has 1 rings (SSSR count). The molecule has 6 heteroatoms. The maximum Gasteiger partial charge on any atom is 0.326 e. The fraction of sp³-hybridized carbons (Fsp3) is 0.462. The van der Waals surface area contributed by atoms with Crippen LogP contribution in [0, 0.1) is 12.8 Å². The Labute approximate surface area is 112 Å². The third-order valence-electron chi connectivity index (χ3n) is 2.60. The molecule has 6 nitrogen and oxygen atoms in total. The van der Waals surface area contributed by atoms with Crippen molar-refractivity contribution >= 4 is 12.0 Å². The van der Waals surface area contributed by atoms with E-state index in [-0.39, 0.29) is 12.5 Å². The molecule has 0 aromatic carbocycles. The molecule has 2 amide bonds. The Hall–Kier alpha value is -2.11. The molecular weight excluding hydrogens is 246 g/mol. The lowest BCUT2D eigenvalue weighted by atomic mass is 10.1. The molecule has 3 N–H and O–H groups in total. The van der Waals surface area contributed by atoms with Gasteiger partial charge in [0, 0.05) is 5.69 Å². The topological polar surface area (TPSA) is 91.3 Å². The van der Waals surface area contributed by atoms with Crippen LogP contribution in [-0.2, 0) is 11.3 Å². The van der Waals surface area contributed by atoms with Crippen molar-refractivity contribution in [1.82, 2.24) is 15.6 Å². The smallest absolute Gasteiger partial charge is 0.326 e. The molecule has 0 saturated carbocycles. The van der Waals surface area contributed by atoms with E-state index in [1.165, 1.54) is 0 Å². The highest BCUT2D eigenvalue weighted by Gasteiger charge is 2.23. The number of aromatic nitrogens is 1. The average Bonchev–Trinajstić information content (AvgIpc) is 2.32. The van der Waals surface area contributed by atoms with E-state index in [9.17, 15) is 9.59 Å². The van der Waals surface area contributed by atoms with Gasteiger partial charge < -0.3 is 15.7 Å². The highest BCUT2D eigenvalue weighted by Crippen LogP contribution is 2.02. The zero-order valence-corrected chi connectivity index (χ0v) is 11.3. The number of pyridine rings is 1. The second-order valence-electron chi connectivity index (χ2n) is 4.66. The molecule has 1 aromatic rings. The number of carboxylic acid groups (broad SMARTS) is 1.